The Labute approximate surface area is 87.3 Å². The predicted octanol–water partition coefficient (Wildman–Crippen LogP) is 2.88. The Morgan fingerprint density at radius 1 is 1.27 bits per heavy atom. The fraction of sp³-hybridized carbons (Fsp3) is 0.182. The maximum absolute atomic E-state index is 5.75. The zero-order chi connectivity index (χ0) is 10.4. The molecule has 76 valence electrons. The van der Waals surface area contributed by atoms with Crippen LogP contribution in [0.2, 0.25) is 0 Å². The summed E-state index contributed by atoms with van der Waals surface area (Å²) in [5, 5.41) is 10.0. The zero-order valence-electron chi connectivity index (χ0n) is 8.59. The van der Waals surface area contributed by atoms with Gasteiger partial charge in [0.1, 0.15) is 0 Å². The molecular formula is C11H11N3O. The van der Waals surface area contributed by atoms with Crippen molar-refractivity contribution < 1.29 is 4.74 Å². The molecule has 2 N–H and O–H groups in total. The van der Waals surface area contributed by atoms with Crippen molar-refractivity contribution in [1.29, 1.82) is 0 Å². The molecular weight excluding hydrogens is 190 g/mol. The maximum atomic E-state index is 5.75. The van der Waals surface area contributed by atoms with Crippen LogP contribution < -0.4 is 10.1 Å². The summed E-state index contributed by atoms with van der Waals surface area (Å²) >= 11 is 0. The lowest BCUT2D eigenvalue weighted by Crippen LogP contribution is -2.03. The molecule has 0 saturated heterocycles. The molecule has 0 aliphatic carbocycles. The number of hydrogen-bond acceptors (Lipinski definition) is 3. The van der Waals surface area contributed by atoms with Gasteiger partial charge < -0.3 is 10.1 Å². The van der Waals surface area contributed by atoms with Crippen molar-refractivity contribution in [3.05, 3.63) is 29.5 Å². The van der Waals surface area contributed by atoms with E-state index >= 15 is 0 Å². The summed E-state index contributed by atoms with van der Waals surface area (Å²) < 4.78 is 5.75. The first-order valence-corrected chi connectivity index (χ1v) is 4.83. The van der Waals surface area contributed by atoms with Gasteiger partial charge in [-0.05, 0) is 31.0 Å². The monoisotopic (exact) mass is 201 g/mol. The summed E-state index contributed by atoms with van der Waals surface area (Å²) in [6.45, 7) is 4.11. The van der Waals surface area contributed by atoms with E-state index in [1.807, 2.05) is 6.92 Å². The normalized spacial score (nSPS) is 12.4. The number of aromatic amines is 1. The molecule has 0 atom stereocenters. The molecule has 0 saturated carbocycles. The van der Waals surface area contributed by atoms with Crippen LogP contribution in [0, 0.1) is 13.8 Å². The molecule has 2 heterocycles. The smallest absolute Gasteiger partial charge is 0.189 e. The van der Waals surface area contributed by atoms with Gasteiger partial charge in [-0.25, -0.2) is 0 Å². The van der Waals surface area contributed by atoms with Gasteiger partial charge >= 0.3 is 0 Å². The van der Waals surface area contributed by atoms with Gasteiger partial charge in [-0.15, -0.1) is 0 Å². The van der Waals surface area contributed by atoms with Crippen molar-refractivity contribution in [2.45, 2.75) is 13.8 Å². The number of anilines is 2. The molecule has 0 spiro atoms. The van der Waals surface area contributed by atoms with E-state index in [-0.39, 0.29) is 0 Å². The summed E-state index contributed by atoms with van der Waals surface area (Å²) in [5.74, 6) is 2.44. The number of fused-ring (bicyclic) bond motifs is 2. The van der Waals surface area contributed by atoms with E-state index in [0.717, 1.165) is 28.6 Å². The quantitative estimate of drug-likeness (QED) is 0.588. The molecule has 1 aliphatic rings. The number of aromatic nitrogens is 2. The summed E-state index contributed by atoms with van der Waals surface area (Å²) in [6.07, 6.45) is 1.67. The molecule has 0 radical (unpaired) electrons. The number of hydrogen-bond donors (Lipinski definition) is 2. The van der Waals surface area contributed by atoms with Gasteiger partial charge in [-0.1, -0.05) is 6.07 Å². The van der Waals surface area contributed by atoms with Gasteiger partial charge in [0.2, 0.25) is 0 Å². The first-order chi connectivity index (χ1) is 7.24. The molecule has 1 aromatic carbocycles. The largest absolute Gasteiger partial charge is 0.449 e. The minimum Gasteiger partial charge on any atom is -0.449 e. The highest BCUT2D eigenvalue weighted by atomic mass is 16.5. The molecule has 4 heteroatoms. The molecule has 0 fully saturated rings. The van der Waals surface area contributed by atoms with Crippen LogP contribution in [-0.2, 0) is 0 Å². The van der Waals surface area contributed by atoms with Crippen molar-refractivity contribution in [1.82, 2.24) is 10.2 Å². The Morgan fingerprint density at radius 2 is 2.13 bits per heavy atom. The van der Waals surface area contributed by atoms with E-state index in [2.05, 4.69) is 34.6 Å². The SMILES string of the molecule is Cc1cc(C)c2c(c1)Nc1[nH]ncc1O2. The van der Waals surface area contributed by atoms with Crippen LogP contribution in [-0.4, -0.2) is 10.2 Å². The van der Waals surface area contributed by atoms with Crippen LogP contribution in [0.4, 0.5) is 11.5 Å². The lowest BCUT2D eigenvalue weighted by Gasteiger charge is -2.20. The lowest BCUT2D eigenvalue weighted by molar-refractivity contribution is 0.477. The van der Waals surface area contributed by atoms with Crippen LogP contribution >= 0.6 is 0 Å². The third kappa shape index (κ3) is 1.18. The number of H-pyrrole nitrogens is 1. The average Bonchev–Trinajstić information content (AvgIpc) is 2.61. The molecule has 0 bridgehead atoms. The number of nitrogens with zero attached hydrogens (tertiary/aromatic N) is 1. The van der Waals surface area contributed by atoms with Crippen molar-refractivity contribution in [3.8, 4) is 11.5 Å². The molecule has 1 aliphatic heterocycles. The van der Waals surface area contributed by atoms with Crippen LogP contribution in [0.5, 0.6) is 11.5 Å². The minimum absolute atomic E-state index is 0.745. The molecule has 1 aromatic heterocycles. The minimum atomic E-state index is 0.745. The Hall–Kier alpha value is -1.97. The second kappa shape index (κ2) is 2.76. The van der Waals surface area contributed by atoms with Gasteiger partial charge in [0.25, 0.3) is 0 Å². The molecule has 2 aromatic rings. The first kappa shape index (κ1) is 8.35. The fourth-order valence-electron chi connectivity index (χ4n) is 1.87. The van der Waals surface area contributed by atoms with Crippen LogP contribution in [0.25, 0.3) is 0 Å². The van der Waals surface area contributed by atoms with Crippen LogP contribution in [0.3, 0.4) is 0 Å². The van der Waals surface area contributed by atoms with Gasteiger partial charge in [-0.3, -0.25) is 5.10 Å². The maximum Gasteiger partial charge on any atom is 0.189 e. The lowest BCUT2D eigenvalue weighted by atomic mass is 10.1. The Bertz CT molecular complexity index is 531. The predicted molar refractivity (Wildman–Crippen MR) is 57.9 cm³/mol. The second-order valence-electron chi connectivity index (χ2n) is 3.79. The standard InChI is InChI=1S/C11H11N3O/c1-6-3-7(2)10-8(4-6)13-11-9(15-10)5-12-14-11/h3-5H,1-2H3,(H2,12,13,14). The fourth-order valence-corrected chi connectivity index (χ4v) is 1.87. The molecule has 3 rings (SSSR count). The number of benzene rings is 1. The van der Waals surface area contributed by atoms with E-state index in [1.165, 1.54) is 5.56 Å². The highest BCUT2D eigenvalue weighted by Crippen LogP contribution is 2.42. The highest BCUT2D eigenvalue weighted by Gasteiger charge is 2.19. The number of ether oxygens (including phenoxy) is 1. The third-order valence-corrected chi connectivity index (χ3v) is 2.50. The van der Waals surface area contributed by atoms with E-state index < -0.39 is 0 Å². The summed E-state index contributed by atoms with van der Waals surface area (Å²) in [7, 11) is 0. The van der Waals surface area contributed by atoms with Crippen LogP contribution in [0.15, 0.2) is 18.3 Å². The molecule has 0 unspecified atom stereocenters. The zero-order valence-corrected chi connectivity index (χ0v) is 8.59. The average molecular weight is 201 g/mol. The van der Waals surface area contributed by atoms with E-state index in [0.29, 0.717) is 0 Å². The topological polar surface area (TPSA) is 49.9 Å². The van der Waals surface area contributed by atoms with Gasteiger partial charge in [0, 0.05) is 0 Å². The number of nitrogens with one attached hydrogen (secondary N) is 2. The molecule has 15 heavy (non-hydrogen) atoms. The Morgan fingerprint density at radius 3 is 3.00 bits per heavy atom. The Balaban J connectivity index is 2.17. The van der Waals surface area contributed by atoms with Crippen molar-refractivity contribution >= 4 is 11.5 Å². The van der Waals surface area contributed by atoms with E-state index in [4.69, 9.17) is 4.74 Å². The van der Waals surface area contributed by atoms with Crippen molar-refractivity contribution in [2.24, 2.45) is 0 Å². The molecule has 0 amide bonds. The molecule has 4 nitrogen and oxygen atoms in total. The van der Waals surface area contributed by atoms with Crippen LogP contribution in [0.1, 0.15) is 11.1 Å². The van der Waals surface area contributed by atoms with Gasteiger partial charge in [-0.2, -0.15) is 5.10 Å². The number of rotatable bonds is 0. The Kier molecular flexibility index (Phi) is 1.54. The summed E-state index contributed by atoms with van der Waals surface area (Å²) in [5.41, 5.74) is 3.33. The first-order valence-electron chi connectivity index (χ1n) is 4.83. The van der Waals surface area contributed by atoms with Gasteiger partial charge in [0.05, 0.1) is 11.9 Å². The highest BCUT2D eigenvalue weighted by molar-refractivity contribution is 5.74. The van der Waals surface area contributed by atoms with Crippen molar-refractivity contribution in [3.63, 3.8) is 0 Å². The van der Waals surface area contributed by atoms with E-state index in [9.17, 15) is 0 Å². The summed E-state index contributed by atoms with van der Waals surface area (Å²) in [4.78, 5) is 0. The second-order valence-corrected chi connectivity index (χ2v) is 3.79. The van der Waals surface area contributed by atoms with Crippen molar-refractivity contribution in [2.75, 3.05) is 5.32 Å². The number of aryl methyl sites for hydroxylation is 2. The third-order valence-electron chi connectivity index (χ3n) is 2.50. The van der Waals surface area contributed by atoms with E-state index in [1.54, 1.807) is 6.20 Å². The van der Waals surface area contributed by atoms with Gasteiger partial charge in [0.15, 0.2) is 17.3 Å². The summed E-state index contributed by atoms with van der Waals surface area (Å²) in [6, 6.07) is 4.16.